The van der Waals surface area contributed by atoms with Crippen molar-refractivity contribution in [2.75, 3.05) is 38.5 Å². The third-order valence-electron chi connectivity index (χ3n) is 5.76. The monoisotopic (exact) mass is 342 g/mol. The number of urea groups is 1. The van der Waals surface area contributed by atoms with Crippen LogP contribution in [0.1, 0.15) is 31.6 Å². The average Bonchev–Trinajstić information content (AvgIpc) is 2.99. The van der Waals surface area contributed by atoms with E-state index < -0.39 is 0 Å². The van der Waals surface area contributed by atoms with Gasteiger partial charge in [-0.2, -0.15) is 0 Å². The van der Waals surface area contributed by atoms with Crippen LogP contribution in [0.3, 0.4) is 0 Å². The standard InChI is InChI=1S/C19H26N4O2/c1-14-20-17-15(5-3-6-16(17)25-14)21-18(24)23-10-4-7-19(13-23)8-11-22(2)12-9-19/h3,5-6H,4,7-13H2,1-2H3,(H,21,24). The maximum absolute atomic E-state index is 12.9. The van der Waals surface area contributed by atoms with E-state index in [9.17, 15) is 4.79 Å². The highest BCUT2D eigenvalue weighted by atomic mass is 16.3. The van der Waals surface area contributed by atoms with Gasteiger partial charge in [-0.15, -0.1) is 0 Å². The second kappa shape index (κ2) is 6.33. The summed E-state index contributed by atoms with van der Waals surface area (Å²) in [6, 6.07) is 5.62. The summed E-state index contributed by atoms with van der Waals surface area (Å²) in [6.07, 6.45) is 4.70. The van der Waals surface area contributed by atoms with Crippen molar-refractivity contribution in [2.45, 2.75) is 32.6 Å². The Kier molecular flexibility index (Phi) is 4.15. The van der Waals surface area contributed by atoms with E-state index in [1.165, 1.54) is 19.3 Å². The van der Waals surface area contributed by atoms with Crippen LogP contribution >= 0.6 is 0 Å². The summed E-state index contributed by atoms with van der Waals surface area (Å²) < 4.78 is 5.56. The molecule has 0 atom stereocenters. The van der Waals surface area contributed by atoms with E-state index in [0.717, 1.165) is 43.8 Å². The molecule has 1 N–H and O–H groups in total. The molecule has 6 nitrogen and oxygen atoms in total. The minimum atomic E-state index is -0.0221. The van der Waals surface area contributed by atoms with Crippen molar-refractivity contribution in [3.8, 4) is 0 Å². The van der Waals surface area contributed by atoms with Crippen molar-refractivity contribution < 1.29 is 9.21 Å². The second-order valence-corrected chi connectivity index (χ2v) is 7.64. The minimum Gasteiger partial charge on any atom is -0.441 e. The molecule has 1 aromatic heterocycles. The third kappa shape index (κ3) is 3.23. The Bertz CT molecular complexity index is 777. The van der Waals surface area contributed by atoms with Crippen LogP contribution in [0.25, 0.3) is 11.1 Å². The van der Waals surface area contributed by atoms with Crippen LogP contribution in [0.15, 0.2) is 22.6 Å². The first-order valence-corrected chi connectivity index (χ1v) is 9.15. The first kappa shape index (κ1) is 16.4. The molecule has 2 aromatic rings. The highest BCUT2D eigenvalue weighted by Gasteiger charge is 2.39. The molecule has 0 saturated carbocycles. The van der Waals surface area contributed by atoms with Gasteiger partial charge in [0.2, 0.25) is 0 Å². The van der Waals surface area contributed by atoms with Gasteiger partial charge in [0.15, 0.2) is 11.5 Å². The molecule has 25 heavy (non-hydrogen) atoms. The number of fused-ring (bicyclic) bond motifs is 1. The zero-order chi connectivity index (χ0) is 17.4. The molecule has 2 aliphatic rings. The Labute approximate surface area is 148 Å². The topological polar surface area (TPSA) is 61.6 Å². The number of amides is 2. The molecule has 0 radical (unpaired) electrons. The van der Waals surface area contributed by atoms with Crippen LogP contribution in [-0.4, -0.2) is 54.0 Å². The number of piperidine rings is 2. The first-order chi connectivity index (χ1) is 12.0. The Morgan fingerprint density at radius 2 is 2.04 bits per heavy atom. The summed E-state index contributed by atoms with van der Waals surface area (Å²) in [5.74, 6) is 0.611. The predicted molar refractivity (Wildman–Crippen MR) is 97.7 cm³/mol. The number of hydrogen-bond acceptors (Lipinski definition) is 4. The number of nitrogens with zero attached hydrogens (tertiary/aromatic N) is 3. The van der Waals surface area contributed by atoms with E-state index in [-0.39, 0.29) is 6.03 Å². The lowest BCUT2D eigenvalue weighted by Gasteiger charge is -2.47. The lowest BCUT2D eigenvalue weighted by molar-refractivity contribution is 0.0486. The molecule has 6 heteroatoms. The Morgan fingerprint density at radius 3 is 2.84 bits per heavy atom. The lowest BCUT2D eigenvalue weighted by Crippen LogP contribution is -2.51. The highest BCUT2D eigenvalue weighted by molar-refractivity contribution is 5.98. The van der Waals surface area contributed by atoms with Gasteiger partial charge in [-0.05, 0) is 63.4 Å². The molecule has 0 aliphatic carbocycles. The molecule has 0 unspecified atom stereocenters. The average molecular weight is 342 g/mol. The van der Waals surface area contributed by atoms with Gasteiger partial charge in [0.1, 0.15) is 5.52 Å². The van der Waals surface area contributed by atoms with Gasteiger partial charge in [0.05, 0.1) is 5.69 Å². The number of aromatic nitrogens is 1. The summed E-state index contributed by atoms with van der Waals surface area (Å²) in [6.45, 7) is 5.78. The van der Waals surface area contributed by atoms with Crippen molar-refractivity contribution in [1.82, 2.24) is 14.8 Å². The molecule has 2 saturated heterocycles. The van der Waals surface area contributed by atoms with Crippen LogP contribution in [0.4, 0.5) is 10.5 Å². The first-order valence-electron chi connectivity index (χ1n) is 9.15. The smallest absolute Gasteiger partial charge is 0.321 e. The van der Waals surface area contributed by atoms with Crippen LogP contribution in [0.5, 0.6) is 0 Å². The number of hydrogen-bond donors (Lipinski definition) is 1. The molecule has 2 fully saturated rings. The summed E-state index contributed by atoms with van der Waals surface area (Å²) >= 11 is 0. The Morgan fingerprint density at radius 1 is 1.24 bits per heavy atom. The van der Waals surface area contributed by atoms with Crippen LogP contribution in [0.2, 0.25) is 0 Å². The van der Waals surface area contributed by atoms with Gasteiger partial charge in [-0.25, -0.2) is 9.78 Å². The largest absolute Gasteiger partial charge is 0.441 e. The fraction of sp³-hybridized carbons (Fsp3) is 0.579. The molecule has 134 valence electrons. The number of rotatable bonds is 1. The Balaban J connectivity index is 1.49. The van der Waals surface area contributed by atoms with Gasteiger partial charge in [-0.1, -0.05) is 6.07 Å². The number of anilines is 1. The SMILES string of the molecule is Cc1nc2c(NC(=O)N3CCCC4(CCN(C)CC4)C3)cccc2o1. The molecule has 2 amide bonds. The summed E-state index contributed by atoms with van der Waals surface area (Å²) in [7, 11) is 2.18. The van der Waals surface area contributed by atoms with E-state index in [1.807, 2.05) is 30.0 Å². The van der Waals surface area contributed by atoms with Gasteiger partial charge < -0.3 is 19.5 Å². The van der Waals surface area contributed by atoms with Gasteiger partial charge in [0.25, 0.3) is 0 Å². The van der Waals surface area contributed by atoms with Crippen molar-refractivity contribution >= 4 is 22.8 Å². The zero-order valence-electron chi connectivity index (χ0n) is 15.0. The summed E-state index contributed by atoms with van der Waals surface area (Å²) in [4.78, 5) is 21.6. The molecule has 2 aliphatic heterocycles. The molecule has 0 bridgehead atoms. The maximum Gasteiger partial charge on any atom is 0.321 e. The molecular weight excluding hydrogens is 316 g/mol. The normalized spacial score (nSPS) is 21.0. The van der Waals surface area contributed by atoms with E-state index in [0.29, 0.717) is 16.9 Å². The minimum absolute atomic E-state index is 0.0221. The van der Waals surface area contributed by atoms with Crippen molar-refractivity contribution in [2.24, 2.45) is 5.41 Å². The predicted octanol–water partition coefficient (Wildman–Crippen LogP) is 3.48. The Hall–Kier alpha value is -2.08. The van der Waals surface area contributed by atoms with Crippen LogP contribution < -0.4 is 5.32 Å². The van der Waals surface area contributed by atoms with Gasteiger partial charge in [0, 0.05) is 20.0 Å². The van der Waals surface area contributed by atoms with E-state index >= 15 is 0 Å². The molecule has 1 aromatic carbocycles. The number of oxazole rings is 1. The number of aryl methyl sites for hydroxylation is 1. The molecule has 4 rings (SSSR count). The highest BCUT2D eigenvalue weighted by Crippen LogP contribution is 2.39. The van der Waals surface area contributed by atoms with Crippen LogP contribution in [0, 0.1) is 12.3 Å². The van der Waals surface area contributed by atoms with Gasteiger partial charge in [-0.3, -0.25) is 0 Å². The fourth-order valence-electron chi connectivity index (χ4n) is 4.24. The zero-order valence-corrected chi connectivity index (χ0v) is 15.0. The lowest BCUT2D eigenvalue weighted by atomic mass is 9.72. The van der Waals surface area contributed by atoms with Gasteiger partial charge >= 0.3 is 6.03 Å². The van der Waals surface area contributed by atoms with E-state index in [2.05, 4.69) is 22.2 Å². The molecular formula is C19H26N4O2. The summed E-state index contributed by atoms with van der Waals surface area (Å²) in [5.41, 5.74) is 2.46. The van der Waals surface area contributed by atoms with Crippen molar-refractivity contribution in [1.29, 1.82) is 0 Å². The number of carbonyl (C=O) groups is 1. The van der Waals surface area contributed by atoms with Crippen LogP contribution in [-0.2, 0) is 0 Å². The van der Waals surface area contributed by atoms with E-state index in [4.69, 9.17) is 4.42 Å². The van der Waals surface area contributed by atoms with Crippen molar-refractivity contribution in [3.63, 3.8) is 0 Å². The summed E-state index contributed by atoms with van der Waals surface area (Å²) in [5, 5.41) is 3.05. The van der Waals surface area contributed by atoms with E-state index in [1.54, 1.807) is 0 Å². The number of para-hydroxylation sites is 1. The number of likely N-dealkylation sites (tertiary alicyclic amines) is 2. The third-order valence-corrected chi connectivity index (χ3v) is 5.76. The van der Waals surface area contributed by atoms with Crippen molar-refractivity contribution in [3.05, 3.63) is 24.1 Å². The quantitative estimate of drug-likeness (QED) is 0.862. The second-order valence-electron chi connectivity index (χ2n) is 7.64. The maximum atomic E-state index is 12.9. The molecule has 3 heterocycles. The molecule has 1 spiro atoms. The number of carbonyl (C=O) groups excluding carboxylic acids is 1. The number of benzene rings is 1. The number of nitrogens with one attached hydrogen (secondary N) is 1. The fourth-order valence-corrected chi connectivity index (χ4v) is 4.24.